The minimum atomic E-state index is -4.05. The minimum absolute atomic E-state index is 0.00646. The lowest BCUT2D eigenvalue weighted by molar-refractivity contribution is 0.585. The number of benzene rings is 2. The summed E-state index contributed by atoms with van der Waals surface area (Å²) < 4.78 is 55.7. The van der Waals surface area contributed by atoms with Crippen LogP contribution < -0.4 is 4.80 Å². The Morgan fingerprint density at radius 3 is 1.82 bits per heavy atom. The van der Waals surface area contributed by atoms with Crippen LogP contribution in [0.3, 0.4) is 0 Å². The predicted molar refractivity (Wildman–Crippen MR) is 114 cm³/mol. The van der Waals surface area contributed by atoms with Crippen LogP contribution in [0, 0.1) is 0 Å². The molecule has 0 amide bonds. The first kappa shape index (κ1) is 21.2. The number of thioether (sulfide) groups is 2. The lowest BCUT2D eigenvalue weighted by atomic mass is 10.4. The fraction of sp³-hybridized carbons (Fsp3) is 0.118. The van der Waals surface area contributed by atoms with Gasteiger partial charge in [-0.25, -0.2) is 12.4 Å². The standard InChI is InChI=1S/C17H16N2O4S5/c1-24-13-3-7-15(8-4-13)27(20,21)18-17-19(11-12-26-17)28(22,23)16-9-5-14(25-2)6-10-16/h3-12H,1-2H3. The largest absolute Gasteiger partial charge is 0.285 e. The third-order valence-electron chi connectivity index (χ3n) is 3.73. The van der Waals surface area contributed by atoms with Crippen molar-refractivity contribution in [2.75, 3.05) is 12.5 Å². The lowest BCUT2D eigenvalue weighted by Crippen LogP contribution is -2.24. The molecule has 1 heterocycles. The van der Waals surface area contributed by atoms with Gasteiger partial charge in [0.05, 0.1) is 9.79 Å². The van der Waals surface area contributed by atoms with Crippen molar-refractivity contribution in [2.45, 2.75) is 19.6 Å². The molecule has 0 fully saturated rings. The van der Waals surface area contributed by atoms with Crippen LogP contribution >= 0.6 is 34.9 Å². The molecule has 0 unspecified atom stereocenters. The molecule has 0 aliphatic heterocycles. The van der Waals surface area contributed by atoms with Crippen LogP contribution in [0.4, 0.5) is 0 Å². The van der Waals surface area contributed by atoms with Crippen LogP contribution in [0.2, 0.25) is 0 Å². The normalized spacial score (nSPS) is 13.0. The van der Waals surface area contributed by atoms with Crippen LogP contribution in [0.15, 0.2) is 84.1 Å². The predicted octanol–water partition coefficient (Wildman–Crippen LogP) is 3.52. The average Bonchev–Trinajstić information content (AvgIpc) is 3.16. The van der Waals surface area contributed by atoms with E-state index >= 15 is 0 Å². The van der Waals surface area contributed by atoms with E-state index in [0.29, 0.717) is 0 Å². The second-order valence-corrected chi connectivity index (χ2v) is 11.5. The Morgan fingerprint density at radius 1 is 0.821 bits per heavy atom. The van der Waals surface area contributed by atoms with Gasteiger partial charge in [-0.1, -0.05) is 0 Å². The number of sulfonamides is 1. The molecule has 0 radical (unpaired) electrons. The fourth-order valence-corrected chi connectivity index (χ4v) is 6.63. The Morgan fingerprint density at radius 2 is 1.32 bits per heavy atom. The second kappa shape index (κ2) is 8.46. The van der Waals surface area contributed by atoms with Gasteiger partial charge in [0.2, 0.25) is 4.80 Å². The highest BCUT2D eigenvalue weighted by atomic mass is 32.2. The van der Waals surface area contributed by atoms with E-state index in [-0.39, 0.29) is 14.6 Å². The van der Waals surface area contributed by atoms with E-state index in [4.69, 9.17) is 0 Å². The van der Waals surface area contributed by atoms with Crippen molar-refractivity contribution in [3.8, 4) is 0 Å². The van der Waals surface area contributed by atoms with E-state index in [1.807, 2.05) is 12.5 Å². The first-order valence-corrected chi connectivity index (χ1v) is 14.0. The summed E-state index contributed by atoms with van der Waals surface area (Å²) in [6.07, 6.45) is 5.08. The van der Waals surface area contributed by atoms with Crippen molar-refractivity contribution in [3.63, 3.8) is 0 Å². The van der Waals surface area contributed by atoms with Gasteiger partial charge in [-0.3, -0.25) is 0 Å². The van der Waals surface area contributed by atoms with Crippen LogP contribution in [0.5, 0.6) is 0 Å². The molecule has 0 aliphatic carbocycles. The van der Waals surface area contributed by atoms with Crippen LogP contribution in [-0.2, 0) is 20.0 Å². The Labute approximate surface area is 176 Å². The molecule has 0 bridgehead atoms. The fourth-order valence-electron chi connectivity index (χ4n) is 2.27. The number of aromatic nitrogens is 1. The number of thiazole rings is 1. The zero-order valence-electron chi connectivity index (χ0n) is 14.8. The Kier molecular flexibility index (Phi) is 6.40. The summed E-state index contributed by atoms with van der Waals surface area (Å²) in [5.74, 6) is 0. The lowest BCUT2D eigenvalue weighted by Gasteiger charge is -2.06. The van der Waals surface area contributed by atoms with Crippen LogP contribution in [0.25, 0.3) is 0 Å². The second-order valence-electron chi connectivity index (χ2n) is 5.40. The van der Waals surface area contributed by atoms with Gasteiger partial charge in [-0.05, 0) is 61.0 Å². The van der Waals surface area contributed by atoms with Gasteiger partial charge >= 0.3 is 0 Å². The monoisotopic (exact) mass is 472 g/mol. The van der Waals surface area contributed by atoms with Gasteiger partial charge in [0.15, 0.2) is 0 Å². The molecular formula is C17H16N2O4S5. The van der Waals surface area contributed by atoms with Crippen molar-refractivity contribution in [3.05, 3.63) is 64.9 Å². The van der Waals surface area contributed by atoms with E-state index in [0.717, 1.165) is 25.1 Å². The quantitative estimate of drug-likeness (QED) is 0.510. The maximum Gasteiger partial charge on any atom is 0.285 e. The molecule has 28 heavy (non-hydrogen) atoms. The average molecular weight is 473 g/mol. The van der Waals surface area contributed by atoms with E-state index in [1.165, 1.54) is 59.4 Å². The molecule has 11 heteroatoms. The van der Waals surface area contributed by atoms with Crippen LogP contribution in [0.1, 0.15) is 0 Å². The van der Waals surface area contributed by atoms with E-state index in [2.05, 4.69) is 4.40 Å². The molecule has 0 aliphatic rings. The van der Waals surface area contributed by atoms with Crippen LogP contribution in [-0.4, -0.2) is 33.3 Å². The van der Waals surface area contributed by atoms with Gasteiger partial charge in [0.1, 0.15) is 0 Å². The van der Waals surface area contributed by atoms with Gasteiger partial charge in [0, 0.05) is 21.4 Å². The van der Waals surface area contributed by atoms with Crippen molar-refractivity contribution in [2.24, 2.45) is 4.40 Å². The molecule has 3 aromatic rings. The summed E-state index contributed by atoms with van der Waals surface area (Å²) in [7, 11) is -8.01. The first-order chi connectivity index (χ1) is 13.3. The molecule has 0 spiro atoms. The summed E-state index contributed by atoms with van der Waals surface area (Å²) in [4.78, 5) is 1.78. The molecular weight excluding hydrogens is 457 g/mol. The zero-order chi connectivity index (χ0) is 20.4. The summed E-state index contributed by atoms with van der Waals surface area (Å²) in [5, 5.41) is 1.49. The summed E-state index contributed by atoms with van der Waals surface area (Å²) in [5.41, 5.74) is 0. The Balaban J connectivity index is 2.06. The third kappa shape index (κ3) is 4.38. The molecule has 0 N–H and O–H groups in total. The molecule has 1 aromatic heterocycles. The van der Waals surface area contributed by atoms with Gasteiger partial charge in [-0.15, -0.1) is 39.3 Å². The first-order valence-electron chi connectivity index (χ1n) is 7.79. The number of rotatable bonds is 6. The highest BCUT2D eigenvalue weighted by Gasteiger charge is 2.20. The topological polar surface area (TPSA) is 85.6 Å². The van der Waals surface area contributed by atoms with Gasteiger partial charge in [-0.2, -0.15) is 8.42 Å². The van der Waals surface area contributed by atoms with Crippen molar-refractivity contribution in [1.82, 2.24) is 3.97 Å². The highest BCUT2D eigenvalue weighted by Crippen LogP contribution is 2.21. The Hall–Kier alpha value is -1.53. The molecule has 2 aromatic carbocycles. The zero-order valence-corrected chi connectivity index (χ0v) is 18.9. The van der Waals surface area contributed by atoms with Gasteiger partial charge < -0.3 is 0 Å². The van der Waals surface area contributed by atoms with Crippen molar-refractivity contribution in [1.29, 1.82) is 0 Å². The molecule has 0 saturated carbocycles. The number of hydrogen-bond acceptors (Lipinski definition) is 7. The van der Waals surface area contributed by atoms with E-state index in [1.54, 1.807) is 24.3 Å². The maximum absolute atomic E-state index is 12.9. The molecule has 0 saturated heterocycles. The molecule has 3 rings (SSSR count). The van der Waals surface area contributed by atoms with Gasteiger partial charge in [0.25, 0.3) is 20.0 Å². The minimum Gasteiger partial charge on any atom is -0.214 e. The Bertz CT molecular complexity index is 1240. The smallest absolute Gasteiger partial charge is 0.214 e. The maximum atomic E-state index is 12.9. The van der Waals surface area contributed by atoms with Crippen molar-refractivity contribution < 1.29 is 16.8 Å². The van der Waals surface area contributed by atoms with E-state index in [9.17, 15) is 16.8 Å². The number of hydrogen-bond donors (Lipinski definition) is 0. The third-order valence-corrected chi connectivity index (χ3v) is 9.17. The summed E-state index contributed by atoms with van der Waals surface area (Å²) in [6, 6.07) is 12.7. The summed E-state index contributed by atoms with van der Waals surface area (Å²) >= 11 is 3.93. The van der Waals surface area contributed by atoms with E-state index < -0.39 is 20.0 Å². The molecule has 6 nitrogen and oxygen atoms in total. The number of nitrogens with zero attached hydrogens (tertiary/aromatic N) is 2. The highest BCUT2D eigenvalue weighted by molar-refractivity contribution is 7.98. The molecule has 0 atom stereocenters. The van der Waals surface area contributed by atoms with Crippen molar-refractivity contribution >= 4 is 54.9 Å². The molecule has 148 valence electrons. The summed E-state index contributed by atoms with van der Waals surface area (Å²) in [6.45, 7) is 0. The SMILES string of the molecule is CSc1ccc(S(=O)(=O)N=c2sccn2S(=O)(=O)c2ccc(SC)cc2)cc1.